The van der Waals surface area contributed by atoms with Gasteiger partial charge in [-0.3, -0.25) is 9.00 Å². The summed E-state index contributed by atoms with van der Waals surface area (Å²) in [6, 6.07) is -0.382. The van der Waals surface area contributed by atoms with Crippen LogP contribution in [-0.4, -0.2) is 46.4 Å². The molecule has 0 saturated carbocycles. The maximum Gasteiger partial charge on any atom is 0.314 e. The summed E-state index contributed by atoms with van der Waals surface area (Å²) in [6.07, 6.45) is 2.75. The van der Waals surface area contributed by atoms with Crippen molar-refractivity contribution < 1.29 is 18.9 Å². The van der Waals surface area contributed by atoms with E-state index in [1.54, 1.807) is 6.26 Å². The van der Waals surface area contributed by atoms with Crippen LogP contribution in [0.5, 0.6) is 0 Å². The van der Waals surface area contributed by atoms with Crippen molar-refractivity contribution in [3.8, 4) is 0 Å². The van der Waals surface area contributed by atoms with Gasteiger partial charge in [0, 0.05) is 35.9 Å². The van der Waals surface area contributed by atoms with Crippen molar-refractivity contribution in [1.82, 2.24) is 10.6 Å². The Kier molecular flexibility index (Phi) is 8.45. The number of aliphatic carboxylic acids is 1. The van der Waals surface area contributed by atoms with Crippen molar-refractivity contribution in [3.63, 3.8) is 0 Å². The highest BCUT2D eigenvalue weighted by Crippen LogP contribution is 2.24. The first-order valence-corrected chi connectivity index (χ1v) is 8.39. The number of hydrogen-bond acceptors (Lipinski definition) is 3. The van der Waals surface area contributed by atoms with E-state index in [1.807, 2.05) is 20.8 Å². The summed E-state index contributed by atoms with van der Waals surface area (Å²) in [5, 5.41) is 14.3. The van der Waals surface area contributed by atoms with E-state index >= 15 is 0 Å². The third-order valence-corrected chi connectivity index (χ3v) is 3.47. The lowest BCUT2D eigenvalue weighted by Crippen LogP contribution is -2.41. The Balaban J connectivity index is 4.00. The standard InChI is InChI=1S/C13H26N2O4S/c1-13(2,3)8-10(11(16)17)9-15-12(18)14-6-5-7-20(4)19/h10H,5-9H2,1-4H3,(H,16,17)(H2,14,15,18). The Morgan fingerprint density at radius 1 is 1.25 bits per heavy atom. The molecule has 2 unspecified atom stereocenters. The largest absolute Gasteiger partial charge is 0.481 e. The molecule has 0 aliphatic heterocycles. The molecule has 0 bridgehead atoms. The molecule has 0 aliphatic rings. The van der Waals surface area contributed by atoms with Gasteiger partial charge in [-0.2, -0.15) is 0 Å². The van der Waals surface area contributed by atoms with Crippen LogP contribution in [0.25, 0.3) is 0 Å². The van der Waals surface area contributed by atoms with Gasteiger partial charge in [0.05, 0.1) is 5.92 Å². The van der Waals surface area contributed by atoms with Crippen LogP contribution in [0.3, 0.4) is 0 Å². The molecule has 20 heavy (non-hydrogen) atoms. The van der Waals surface area contributed by atoms with Crippen molar-refractivity contribution in [2.24, 2.45) is 11.3 Å². The molecule has 0 aromatic carbocycles. The number of nitrogens with one attached hydrogen (secondary N) is 2. The number of carbonyl (C=O) groups excluding carboxylic acids is 1. The van der Waals surface area contributed by atoms with Crippen molar-refractivity contribution in [2.75, 3.05) is 25.1 Å². The zero-order chi connectivity index (χ0) is 15.8. The first kappa shape index (κ1) is 18.9. The van der Waals surface area contributed by atoms with Gasteiger partial charge in [0.1, 0.15) is 0 Å². The molecule has 2 amide bonds. The molecule has 118 valence electrons. The first-order valence-electron chi connectivity index (χ1n) is 6.66. The highest BCUT2D eigenvalue weighted by Gasteiger charge is 2.24. The maximum atomic E-state index is 11.5. The molecule has 6 nitrogen and oxygen atoms in total. The van der Waals surface area contributed by atoms with Crippen LogP contribution in [0, 0.1) is 11.3 Å². The monoisotopic (exact) mass is 306 g/mol. The molecule has 0 fully saturated rings. The minimum atomic E-state index is -0.901. The van der Waals surface area contributed by atoms with Gasteiger partial charge in [0.15, 0.2) is 0 Å². The lowest BCUT2D eigenvalue weighted by Gasteiger charge is -2.23. The highest BCUT2D eigenvalue weighted by molar-refractivity contribution is 7.84. The second-order valence-corrected chi connectivity index (χ2v) is 7.62. The average molecular weight is 306 g/mol. The third kappa shape index (κ3) is 10.8. The zero-order valence-corrected chi connectivity index (χ0v) is 13.5. The van der Waals surface area contributed by atoms with Crippen LogP contribution < -0.4 is 10.6 Å². The number of carboxylic acids is 1. The van der Waals surface area contributed by atoms with E-state index in [0.717, 1.165) is 0 Å². The Morgan fingerprint density at radius 2 is 1.85 bits per heavy atom. The predicted molar refractivity (Wildman–Crippen MR) is 80.1 cm³/mol. The quantitative estimate of drug-likeness (QED) is 0.587. The molecule has 0 saturated heterocycles. The highest BCUT2D eigenvalue weighted by atomic mass is 32.2. The molecular weight excluding hydrogens is 280 g/mol. The molecule has 0 spiro atoms. The second-order valence-electron chi connectivity index (χ2n) is 6.07. The summed E-state index contributed by atoms with van der Waals surface area (Å²) in [7, 11) is -0.858. The van der Waals surface area contributed by atoms with Gasteiger partial charge in [0.2, 0.25) is 0 Å². The number of carbonyl (C=O) groups is 2. The van der Waals surface area contributed by atoms with E-state index < -0.39 is 22.7 Å². The van der Waals surface area contributed by atoms with Crippen LogP contribution in [0.15, 0.2) is 0 Å². The van der Waals surface area contributed by atoms with Crippen LogP contribution in [0.2, 0.25) is 0 Å². The summed E-state index contributed by atoms with van der Waals surface area (Å²) < 4.78 is 10.8. The number of urea groups is 1. The Morgan fingerprint density at radius 3 is 2.30 bits per heavy atom. The van der Waals surface area contributed by atoms with E-state index in [-0.39, 0.29) is 18.0 Å². The molecule has 0 aromatic heterocycles. The minimum Gasteiger partial charge on any atom is -0.481 e. The molecule has 2 atom stereocenters. The van der Waals surface area contributed by atoms with Gasteiger partial charge in [-0.1, -0.05) is 20.8 Å². The van der Waals surface area contributed by atoms with Crippen LogP contribution in [0.1, 0.15) is 33.6 Å². The fourth-order valence-corrected chi connectivity index (χ4v) is 2.29. The fraction of sp³-hybridized carbons (Fsp3) is 0.846. The Hall–Kier alpha value is -1.11. The molecular formula is C13H26N2O4S. The van der Waals surface area contributed by atoms with Crippen LogP contribution in [-0.2, 0) is 15.6 Å². The first-order chi connectivity index (χ1) is 9.11. The molecule has 0 rings (SSSR count). The number of carboxylic acid groups (broad SMARTS) is 1. The smallest absolute Gasteiger partial charge is 0.314 e. The Labute approximate surface area is 123 Å². The van der Waals surface area contributed by atoms with E-state index in [0.29, 0.717) is 25.1 Å². The zero-order valence-electron chi connectivity index (χ0n) is 12.7. The molecule has 0 aliphatic carbocycles. The number of hydrogen-bond donors (Lipinski definition) is 3. The van der Waals surface area contributed by atoms with E-state index in [2.05, 4.69) is 10.6 Å². The lowest BCUT2D eigenvalue weighted by atomic mass is 9.84. The van der Waals surface area contributed by atoms with Crippen molar-refractivity contribution in [2.45, 2.75) is 33.6 Å². The lowest BCUT2D eigenvalue weighted by molar-refractivity contribution is -0.142. The van der Waals surface area contributed by atoms with Gasteiger partial charge < -0.3 is 15.7 Å². The molecule has 3 N–H and O–H groups in total. The van der Waals surface area contributed by atoms with E-state index in [4.69, 9.17) is 5.11 Å². The van der Waals surface area contributed by atoms with Crippen molar-refractivity contribution in [1.29, 1.82) is 0 Å². The molecule has 0 aromatic rings. The van der Waals surface area contributed by atoms with Crippen molar-refractivity contribution >= 4 is 22.8 Å². The molecule has 0 heterocycles. The normalized spacial score (nSPS) is 14.4. The van der Waals surface area contributed by atoms with Gasteiger partial charge in [-0.05, 0) is 18.3 Å². The fourth-order valence-electron chi connectivity index (χ4n) is 1.74. The summed E-state index contributed by atoms with van der Waals surface area (Å²) in [4.78, 5) is 22.6. The SMILES string of the molecule is CS(=O)CCCNC(=O)NCC(CC(C)(C)C)C(=O)O. The maximum absolute atomic E-state index is 11.5. The third-order valence-electron chi connectivity index (χ3n) is 2.61. The van der Waals surface area contributed by atoms with Crippen LogP contribution >= 0.6 is 0 Å². The van der Waals surface area contributed by atoms with E-state index in [9.17, 15) is 13.8 Å². The summed E-state index contributed by atoms with van der Waals surface area (Å²) in [5.41, 5.74) is -0.105. The van der Waals surface area contributed by atoms with Gasteiger partial charge in [-0.25, -0.2) is 4.79 Å². The summed E-state index contributed by atoms with van der Waals surface area (Å²) >= 11 is 0. The molecule has 7 heteroatoms. The second kappa shape index (κ2) is 8.94. The topological polar surface area (TPSA) is 95.5 Å². The van der Waals surface area contributed by atoms with Gasteiger partial charge in [0.25, 0.3) is 0 Å². The predicted octanol–water partition coefficient (Wildman–Crippen LogP) is 1.19. The van der Waals surface area contributed by atoms with Crippen LogP contribution in [0.4, 0.5) is 4.79 Å². The van der Waals surface area contributed by atoms with E-state index in [1.165, 1.54) is 0 Å². The summed E-state index contributed by atoms with van der Waals surface area (Å²) in [5.74, 6) is -0.951. The number of amides is 2. The molecule has 0 radical (unpaired) electrons. The number of rotatable bonds is 8. The van der Waals surface area contributed by atoms with Crippen molar-refractivity contribution in [3.05, 3.63) is 0 Å². The summed E-state index contributed by atoms with van der Waals surface area (Å²) in [6.45, 7) is 6.44. The Bertz CT molecular complexity index is 353. The van der Waals surface area contributed by atoms with Gasteiger partial charge >= 0.3 is 12.0 Å². The minimum absolute atomic E-state index is 0.105. The average Bonchev–Trinajstić information content (AvgIpc) is 2.28. The van der Waals surface area contributed by atoms with Gasteiger partial charge in [-0.15, -0.1) is 0 Å².